The minimum absolute atomic E-state index is 0. The molecule has 0 spiro atoms. The third-order valence-corrected chi connectivity index (χ3v) is 5.15. The zero-order valence-corrected chi connectivity index (χ0v) is 14.6. The molecular weight excluding hydrogens is 349 g/mol. The van der Waals surface area contributed by atoms with Crippen LogP contribution in [0.1, 0.15) is 12.5 Å². The fraction of sp³-hybridized carbons (Fsp3) is 0.111. The van der Waals surface area contributed by atoms with Crippen molar-refractivity contribution in [2.45, 2.75) is 18.2 Å². The predicted octanol–water partition coefficient (Wildman–Crippen LogP) is 4.76. The number of hydrogen-bond acceptors (Lipinski definition) is 2. The Morgan fingerprint density at radius 1 is 0.958 bits per heavy atom. The first-order valence-corrected chi connectivity index (χ1v) is 8.78. The molecule has 0 bridgehead atoms. The molecule has 3 aromatic rings. The molecule has 0 aliphatic heterocycles. The van der Waals surface area contributed by atoms with Crippen LogP contribution in [0.5, 0.6) is 0 Å². The van der Waals surface area contributed by atoms with Gasteiger partial charge in [-0.2, -0.15) is 0 Å². The zero-order valence-electron chi connectivity index (χ0n) is 13.0. The first-order chi connectivity index (χ1) is 11.0. The van der Waals surface area contributed by atoms with E-state index in [2.05, 4.69) is 4.72 Å². The Kier molecular flexibility index (Phi) is 5.47. The second-order valence-corrected chi connectivity index (χ2v) is 6.90. The summed E-state index contributed by atoms with van der Waals surface area (Å²) in [7, 11) is -3.80. The summed E-state index contributed by atoms with van der Waals surface area (Å²) < 4.78 is 41.8. The zero-order chi connectivity index (χ0) is 16.4. The first kappa shape index (κ1) is 18.2. The van der Waals surface area contributed by atoms with Gasteiger partial charge in [0.05, 0.1) is 4.90 Å². The lowest BCUT2D eigenvalue weighted by Gasteiger charge is -2.11. The van der Waals surface area contributed by atoms with Crippen LogP contribution in [-0.4, -0.2) is 8.42 Å². The number of fused-ring (bicyclic) bond motifs is 1. The Balaban J connectivity index is 0.00000208. The molecule has 0 fully saturated rings. The minimum Gasteiger partial charge on any atom is -0.280 e. The van der Waals surface area contributed by atoms with Gasteiger partial charge in [0, 0.05) is 16.5 Å². The van der Waals surface area contributed by atoms with Gasteiger partial charge in [-0.3, -0.25) is 4.72 Å². The Hall–Kier alpha value is -2.11. The number of benzene rings is 3. The minimum atomic E-state index is -3.80. The number of hydrogen-bond donors (Lipinski definition) is 1. The third kappa shape index (κ3) is 3.52. The van der Waals surface area contributed by atoms with E-state index in [1.165, 1.54) is 12.1 Å². The summed E-state index contributed by atoms with van der Waals surface area (Å²) in [6, 6.07) is 16.3. The van der Waals surface area contributed by atoms with Gasteiger partial charge < -0.3 is 0 Å². The van der Waals surface area contributed by atoms with Crippen LogP contribution in [0.2, 0.25) is 0 Å². The Morgan fingerprint density at radius 2 is 1.67 bits per heavy atom. The molecule has 0 aromatic heterocycles. The number of nitrogens with one attached hydrogen (secondary N) is 1. The third-order valence-electron chi connectivity index (χ3n) is 3.71. The summed E-state index contributed by atoms with van der Waals surface area (Å²) in [5.74, 6) is -0.437. The Bertz CT molecular complexity index is 974. The van der Waals surface area contributed by atoms with Crippen molar-refractivity contribution < 1.29 is 12.8 Å². The molecule has 1 N–H and O–H groups in total. The van der Waals surface area contributed by atoms with E-state index in [0.29, 0.717) is 11.1 Å². The van der Waals surface area contributed by atoms with E-state index >= 15 is 0 Å². The van der Waals surface area contributed by atoms with Gasteiger partial charge >= 0.3 is 0 Å². The standard InChI is InChI=1S/C18H16FNO2S.ClH/c1-2-13-6-5-7-14(12-13)20-23(21,22)18-11-10-17(19)15-8-3-4-9-16(15)18;/h3-12,20H,2H2,1H3;1H. The molecule has 0 amide bonds. The van der Waals surface area contributed by atoms with E-state index in [9.17, 15) is 12.8 Å². The predicted molar refractivity (Wildman–Crippen MR) is 97.8 cm³/mol. The maximum atomic E-state index is 13.9. The van der Waals surface area contributed by atoms with E-state index in [1.54, 1.807) is 42.5 Å². The summed E-state index contributed by atoms with van der Waals surface area (Å²) in [5.41, 5.74) is 1.53. The number of aryl methyl sites for hydroxylation is 1. The van der Waals surface area contributed by atoms with E-state index < -0.39 is 15.8 Å². The maximum absolute atomic E-state index is 13.9. The Morgan fingerprint density at radius 3 is 2.38 bits per heavy atom. The molecule has 0 unspecified atom stereocenters. The van der Waals surface area contributed by atoms with Crippen molar-refractivity contribution in [3.05, 3.63) is 72.0 Å². The van der Waals surface area contributed by atoms with Crippen molar-refractivity contribution >= 4 is 38.9 Å². The maximum Gasteiger partial charge on any atom is 0.262 e. The van der Waals surface area contributed by atoms with Gasteiger partial charge in [0.15, 0.2) is 0 Å². The van der Waals surface area contributed by atoms with Gasteiger partial charge in [-0.1, -0.05) is 43.3 Å². The highest BCUT2D eigenvalue weighted by molar-refractivity contribution is 7.93. The lowest BCUT2D eigenvalue weighted by atomic mass is 10.1. The van der Waals surface area contributed by atoms with Crippen molar-refractivity contribution in [2.24, 2.45) is 0 Å². The van der Waals surface area contributed by atoms with E-state index in [-0.39, 0.29) is 22.7 Å². The normalized spacial score (nSPS) is 11.1. The molecule has 0 aliphatic carbocycles. The second kappa shape index (κ2) is 7.20. The van der Waals surface area contributed by atoms with Crippen molar-refractivity contribution in [2.75, 3.05) is 4.72 Å². The summed E-state index contributed by atoms with van der Waals surface area (Å²) in [5, 5.41) is 0.657. The van der Waals surface area contributed by atoms with Gasteiger partial charge in [0.25, 0.3) is 10.0 Å². The van der Waals surface area contributed by atoms with E-state index in [4.69, 9.17) is 0 Å². The smallest absolute Gasteiger partial charge is 0.262 e. The first-order valence-electron chi connectivity index (χ1n) is 7.30. The highest BCUT2D eigenvalue weighted by atomic mass is 35.5. The molecule has 0 heterocycles. The van der Waals surface area contributed by atoms with Crippen LogP contribution in [-0.2, 0) is 16.4 Å². The lowest BCUT2D eigenvalue weighted by Crippen LogP contribution is -2.13. The summed E-state index contributed by atoms with van der Waals surface area (Å²) in [6.07, 6.45) is 0.815. The van der Waals surface area contributed by atoms with Crippen LogP contribution in [0.3, 0.4) is 0 Å². The molecule has 0 saturated carbocycles. The molecule has 3 rings (SSSR count). The van der Waals surface area contributed by atoms with Crippen LogP contribution >= 0.6 is 12.4 Å². The van der Waals surface area contributed by atoms with Crippen LogP contribution in [0.4, 0.5) is 10.1 Å². The van der Waals surface area contributed by atoms with Gasteiger partial charge in [0.2, 0.25) is 0 Å². The average molecular weight is 366 g/mol. The largest absolute Gasteiger partial charge is 0.280 e. The van der Waals surface area contributed by atoms with Crippen molar-refractivity contribution in [1.29, 1.82) is 0 Å². The summed E-state index contributed by atoms with van der Waals surface area (Å²) in [4.78, 5) is 0.0661. The number of halogens is 2. The van der Waals surface area contributed by atoms with Gasteiger partial charge in [-0.15, -0.1) is 12.4 Å². The van der Waals surface area contributed by atoms with Crippen LogP contribution in [0, 0.1) is 5.82 Å². The molecular formula is C18H17ClFNO2S. The fourth-order valence-corrected chi connectivity index (χ4v) is 3.80. The van der Waals surface area contributed by atoms with Gasteiger partial charge in [0.1, 0.15) is 5.82 Å². The summed E-state index contributed by atoms with van der Waals surface area (Å²) >= 11 is 0. The number of sulfonamides is 1. The molecule has 24 heavy (non-hydrogen) atoms. The van der Waals surface area contributed by atoms with E-state index in [1.807, 2.05) is 13.0 Å². The van der Waals surface area contributed by atoms with Gasteiger partial charge in [-0.25, -0.2) is 12.8 Å². The SMILES string of the molecule is CCc1cccc(NS(=O)(=O)c2ccc(F)c3ccccc23)c1.Cl. The molecule has 0 radical (unpaired) electrons. The molecule has 0 atom stereocenters. The number of rotatable bonds is 4. The monoisotopic (exact) mass is 365 g/mol. The van der Waals surface area contributed by atoms with Crippen molar-refractivity contribution in [3.63, 3.8) is 0 Å². The molecule has 3 nitrogen and oxygen atoms in total. The average Bonchev–Trinajstić information content (AvgIpc) is 2.55. The molecule has 126 valence electrons. The molecule has 3 aromatic carbocycles. The fourth-order valence-electron chi connectivity index (χ4n) is 2.53. The highest BCUT2D eigenvalue weighted by Gasteiger charge is 2.19. The van der Waals surface area contributed by atoms with Crippen LogP contribution in [0.15, 0.2) is 65.6 Å². The molecule has 0 aliphatic rings. The van der Waals surface area contributed by atoms with Crippen molar-refractivity contribution in [1.82, 2.24) is 0 Å². The topological polar surface area (TPSA) is 46.2 Å². The number of anilines is 1. The van der Waals surface area contributed by atoms with Crippen molar-refractivity contribution in [3.8, 4) is 0 Å². The Labute approximate surface area is 147 Å². The van der Waals surface area contributed by atoms with Crippen LogP contribution < -0.4 is 4.72 Å². The molecule has 6 heteroatoms. The van der Waals surface area contributed by atoms with E-state index in [0.717, 1.165) is 12.0 Å². The second-order valence-electron chi connectivity index (χ2n) is 5.25. The van der Waals surface area contributed by atoms with Crippen LogP contribution in [0.25, 0.3) is 10.8 Å². The highest BCUT2D eigenvalue weighted by Crippen LogP contribution is 2.27. The molecule has 0 saturated heterocycles. The summed E-state index contributed by atoms with van der Waals surface area (Å²) in [6.45, 7) is 2.00. The quantitative estimate of drug-likeness (QED) is 0.724. The van der Waals surface area contributed by atoms with Gasteiger partial charge in [-0.05, 0) is 36.2 Å². The lowest BCUT2D eigenvalue weighted by molar-refractivity contribution is 0.601.